The molecular weight excluding hydrogens is 416 g/mol. The molecule has 0 bridgehead atoms. The Kier molecular flexibility index (Phi) is 9.45. The topological polar surface area (TPSA) is 117 Å². The van der Waals surface area contributed by atoms with E-state index in [4.69, 9.17) is 9.47 Å². The van der Waals surface area contributed by atoms with Gasteiger partial charge in [-0.2, -0.15) is 0 Å². The summed E-state index contributed by atoms with van der Waals surface area (Å²) in [5.41, 5.74) is 0.714. The summed E-state index contributed by atoms with van der Waals surface area (Å²) in [6, 6.07) is 6.63. The molecule has 2 rings (SSSR count). The molecule has 0 saturated carbocycles. The Bertz CT molecular complexity index is 767. The van der Waals surface area contributed by atoms with E-state index in [-0.39, 0.29) is 24.9 Å². The molecule has 1 aliphatic heterocycles. The number of hydrogen-bond acceptors (Lipinski definition) is 7. The highest BCUT2D eigenvalue weighted by atomic mass is 16.6. The monoisotopic (exact) mass is 448 g/mol. The van der Waals surface area contributed by atoms with Crippen molar-refractivity contribution in [2.45, 2.75) is 53.0 Å². The molecule has 2 unspecified atom stereocenters. The lowest BCUT2D eigenvalue weighted by molar-refractivity contribution is -0.0926. The SMILES string of the molecule is CCCNC(=O)OC(C)N(CCN1C(=O)c2ccccc2C1=O)C(C)OC(=O)NCCC. The molecule has 32 heavy (non-hydrogen) atoms. The summed E-state index contributed by atoms with van der Waals surface area (Å²) in [6.45, 7) is 8.22. The summed E-state index contributed by atoms with van der Waals surface area (Å²) in [6.07, 6.45) is -1.26. The van der Waals surface area contributed by atoms with Crippen LogP contribution >= 0.6 is 0 Å². The van der Waals surface area contributed by atoms with E-state index in [1.165, 1.54) is 0 Å². The van der Waals surface area contributed by atoms with Gasteiger partial charge in [-0.05, 0) is 38.8 Å². The first-order valence-electron chi connectivity index (χ1n) is 10.9. The molecular formula is C22H32N4O6. The van der Waals surface area contributed by atoms with Gasteiger partial charge in [0.15, 0.2) is 12.5 Å². The summed E-state index contributed by atoms with van der Waals surface area (Å²) in [5.74, 6) is -0.761. The van der Waals surface area contributed by atoms with E-state index in [1.807, 2.05) is 13.8 Å². The predicted octanol–water partition coefficient (Wildman–Crippen LogP) is 2.55. The fourth-order valence-electron chi connectivity index (χ4n) is 3.30. The summed E-state index contributed by atoms with van der Waals surface area (Å²) in [4.78, 5) is 52.1. The van der Waals surface area contributed by atoms with Crippen molar-refractivity contribution < 1.29 is 28.7 Å². The number of imide groups is 1. The lowest BCUT2D eigenvalue weighted by Gasteiger charge is -2.34. The van der Waals surface area contributed by atoms with Crippen LogP contribution in [-0.4, -0.2) is 72.4 Å². The Morgan fingerprint density at radius 2 is 1.34 bits per heavy atom. The van der Waals surface area contributed by atoms with Crippen LogP contribution in [-0.2, 0) is 9.47 Å². The van der Waals surface area contributed by atoms with Crippen LogP contribution in [0.4, 0.5) is 9.59 Å². The van der Waals surface area contributed by atoms with Crippen LogP contribution in [0.3, 0.4) is 0 Å². The lowest BCUT2D eigenvalue weighted by Crippen LogP contribution is -2.50. The van der Waals surface area contributed by atoms with Gasteiger partial charge in [0.05, 0.1) is 11.1 Å². The van der Waals surface area contributed by atoms with Crippen molar-refractivity contribution in [2.75, 3.05) is 26.2 Å². The fourth-order valence-corrected chi connectivity index (χ4v) is 3.30. The molecule has 10 heteroatoms. The normalized spacial score (nSPS) is 14.7. The van der Waals surface area contributed by atoms with Crippen LogP contribution in [0.1, 0.15) is 61.3 Å². The first-order chi connectivity index (χ1) is 15.3. The summed E-state index contributed by atoms with van der Waals surface area (Å²) in [5, 5.41) is 5.24. The molecule has 0 spiro atoms. The molecule has 0 radical (unpaired) electrons. The number of nitrogens with zero attached hydrogens (tertiary/aromatic N) is 2. The second-order valence-electron chi connectivity index (χ2n) is 7.41. The minimum absolute atomic E-state index is 0.0426. The zero-order valence-electron chi connectivity index (χ0n) is 19.1. The van der Waals surface area contributed by atoms with Crippen LogP contribution in [0.25, 0.3) is 0 Å². The highest BCUT2D eigenvalue weighted by Crippen LogP contribution is 2.22. The highest BCUT2D eigenvalue weighted by molar-refractivity contribution is 6.21. The molecule has 2 atom stereocenters. The average molecular weight is 449 g/mol. The van der Waals surface area contributed by atoms with Crippen molar-refractivity contribution >= 4 is 24.0 Å². The van der Waals surface area contributed by atoms with Gasteiger partial charge in [0.25, 0.3) is 11.8 Å². The molecule has 1 aromatic carbocycles. The predicted molar refractivity (Wildman–Crippen MR) is 117 cm³/mol. The average Bonchev–Trinajstić information content (AvgIpc) is 3.01. The number of carbonyl (C=O) groups is 4. The highest BCUT2D eigenvalue weighted by Gasteiger charge is 2.36. The van der Waals surface area contributed by atoms with E-state index in [9.17, 15) is 19.2 Å². The number of alkyl carbamates (subject to hydrolysis) is 2. The molecule has 0 saturated heterocycles. The zero-order valence-corrected chi connectivity index (χ0v) is 19.1. The maximum atomic E-state index is 12.6. The molecule has 1 aliphatic rings. The standard InChI is InChI=1S/C22H32N4O6/c1-5-11-23-21(29)31-15(3)25(16(4)32-22(30)24-12-6-2)13-14-26-19(27)17-9-7-8-10-18(17)20(26)28/h7-10,15-16H,5-6,11-14H2,1-4H3,(H,23,29)(H,24,30). The maximum Gasteiger partial charge on any atom is 0.408 e. The Morgan fingerprint density at radius 3 is 1.75 bits per heavy atom. The molecule has 0 aliphatic carbocycles. The third kappa shape index (κ3) is 6.43. The van der Waals surface area contributed by atoms with Crippen molar-refractivity contribution in [3.63, 3.8) is 0 Å². The quantitative estimate of drug-likeness (QED) is 0.395. The Hall–Kier alpha value is -3.14. The molecule has 10 nitrogen and oxygen atoms in total. The number of benzene rings is 1. The van der Waals surface area contributed by atoms with Crippen LogP contribution in [0.2, 0.25) is 0 Å². The van der Waals surface area contributed by atoms with Crippen LogP contribution in [0.5, 0.6) is 0 Å². The van der Waals surface area contributed by atoms with Crippen molar-refractivity contribution in [3.05, 3.63) is 35.4 Å². The second kappa shape index (κ2) is 12.0. The first kappa shape index (κ1) is 25.1. The molecule has 4 amide bonds. The van der Waals surface area contributed by atoms with Gasteiger partial charge in [-0.3, -0.25) is 14.5 Å². The minimum Gasteiger partial charge on any atom is -0.430 e. The third-order valence-electron chi connectivity index (χ3n) is 4.99. The van der Waals surface area contributed by atoms with Gasteiger partial charge in [0.1, 0.15) is 0 Å². The van der Waals surface area contributed by atoms with E-state index in [1.54, 1.807) is 43.0 Å². The van der Waals surface area contributed by atoms with E-state index in [0.29, 0.717) is 24.2 Å². The first-order valence-corrected chi connectivity index (χ1v) is 10.9. The molecule has 0 fully saturated rings. The number of rotatable bonds is 11. The maximum absolute atomic E-state index is 12.6. The third-order valence-corrected chi connectivity index (χ3v) is 4.99. The number of amides is 4. The Morgan fingerprint density at radius 1 is 0.906 bits per heavy atom. The molecule has 0 aromatic heterocycles. The Labute approximate surface area is 188 Å². The molecule has 2 N–H and O–H groups in total. The van der Waals surface area contributed by atoms with Crippen LogP contribution in [0, 0.1) is 0 Å². The van der Waals surface area contributed by atoms with Gasteiger partial charge in [0.2, 0.25) is 0 Å². The molecule has 1 heterocycles. The van der Waals surface area contributed by atoms with E-state index in [0.717, 1.165) is 17.7 Å². The molecule has 1 aromatic rings. The van der Waals surface area contributed by atoms with Gasteiger partial charge in [-0.25, -0.2) is 14.5 Å². The lowest BCUT2D eigenvalue weighted by atomic mass is 10.1. The van der Waals surface area contributed by atoms with Crippen molar-refractivity contribution in [1.29, 1.82) is 0 Å². The second-order valence-corrected chi connectivity index (χ2v) is 7.41. The van der Waals surface area contributed by atoms with E-state index >= 15 is 0 Å². The number of nitrogens with one attached hydrogen (secondary N) is 2. The van der Waals surface area contributed by atoms with E-state index < -0.39 is 24.6 Å². The van der Waals surface area contributed by atoms with Crippen LogP contribution < -0.4 is 10.6 Å². The van der Waals surface area contributed by atoms with Gasteiger partial charge in [-0.15, -0.1) is 0 Å². The van der Waals surface area contributed by atoms with E-state index in [2.05, 4.69) is 10.6 Å². The smallest absolute Gasteiger partial charge is 0.408 e. The minimum atomic E-state index is -0.781. The largest absolute Gasteiger partial charge is 0.430 e. The van der Waals surface area contributed by atoms with Crippen LogP contribution in [0.15, 0.2) is 24.3 Å². The summed E-state index contributed by atoms with van der Waals surface area (Å²) >= 11 is 0. The number of fused-ring (bicyclic) bond motifs is 1. The van der Waals surface area contributed by atoms with Crippen molar-refractivity contribution in [1.82, 2.24) is 20.4 Å². The van der Waals surface area contributed by atoms with Gasteiger partial charge in [-0.1, -0.05) is 26.0 Å². The number of hydrogen-bond donors (Lipinski definition) is 2. The van der Waals surface area contributed by atoms with Gasteiger partial charge < -0.3 is 20.1 Å². The van der Waals surface area contributed by atoms with Gasteiger partial charge >= 0.3 is 12.2 Å². The zero-order chi connectivity index (χ0) is 23.7. The molecule has 176 valence electrons. The summed E-state index contributed by atoms with van der Waals surface area (Å²) in [7, 11) is 0. The van der Waals surface area contributed by atoms with Crippen molar-refractivity contribution in [3.8, 4) is 0 Å². The number of ether oxygens (including phenoxy) is 2. The fraction of sp³-hybridized carbons (Fsp3) is 0.545. The summed E-state index contributed by atoms with van der Waals surface area (Å²) < 4.78 is 10.8. The van der Waals surface area contributed by atoms with Crippen molar-refractivity contribution in [2.24, 2.45) is 0 Å². The van der Waals surface area contributed by atoms with Gasteiger partial charge in [0, 0.05) is 26.2 Å². The number of carbonyl (C=O) groups excluding carboxylic acids is 4. The Balaban J connectivity index is 2.08.